The Labute approximate surface area is 190 Å². The van der Waals surface area contributed by atoms with Crippen molar-refractivity contribution in [2.45, 2.75) is 5.60 Å². The van der Waals surface area contributed by atoms with Gasteiger partial charge in [0.05, 0.1) is 17.5 Å². The van der Waals surface area contributed by atoms with Gasteiger partial charge in [-0.25, -0.2) is 10.2 Å². The summed E-state index contributed by atoms with van der Waals surface area (Å²) in [5, 5.41) is 24.7. The summed E-state index contributed by atoms with van der Waals surface area (Å²) in [6.07, 6.45) is 3.19. The number of aromatic nitrogens is 1. The number of nitrogens with one attached hydrogen (secondary N) is 1. The summed E-state index contributed by atoms with van der Waals surface area (Å²) in [6, 6.07) is 27.3. The zero-order valence-electron chi connectivity index (χ0n) is 17.5. The van der Waals surface area contributed by atoms with Crippen LogP contribution in [0.3, 0.4) is 0 Å². The second-order valence-electron chi connectivity index (χ2n) is 7.30. The van der Waals surface area contributed by atoms with Crippen LogP contribution in [0.2, 0.25) is 0 Å². The maximum absolute atomic E-state index is 13.1. The average molecular weight is 439 g/mol. The molecule has 0 aliphatic carbocycles. The highest BCUT2D eigenvalue weighted by Crippen LogP contribution is 2.29. The number of carboxylic acid groups (broad SMARTS) is 1. The Morgan fingerprint density at radius 2 is 1.48 bits per heavy atom. The van der Waals surface area contributed by atoms with Gasteiger partial charge in [-0.1, -0.05) is 66.7 Å². The van der Waals surface area contributed by atoms with E-state index in [0.29, 0.717) is 22.5 Å². The Hall–Kier alpha value is -4.49. The number of benzene rings is 3. The molecule has 7 nitrogen and oxygen atoms in total. The van der Waals surface area contributed by atoms with Crippen molar-refractivity contribution in [2.24, 2.45) is 5.10 Å². The Morgan fingerprint density at radius 1 is 0.848 bits per heavy atom. The number of hydrogen-bond donors (Lipinski definition) is 3. The number of amides is 1. The van der Waals surface area contributed by atoms with Crippen molar-refractivity contribution < 1.29 is 19.8 Å². The summed E-state index contributed by atoms with van der Waals surface area (Å²) in [4.78, 5) is 24.4. The maximum atomic E-state index is 13.1. The number of rotatable bonds is 7. The Morgan fingerprint density at radius 3 is 2.09 bits per heavy atom. The lowest BCUT2D eigenvalue weighted by atomic mass is 9.85. The molecule has 0 saturated heterocycles. The van der Waals surface area contributed by atoms with Gasteiger partial charge in [-0.3, -0.25) is 4.79 Å². The van der Waals surface area contributed by atoms with Crippen LogP contribution in [0.25, 0.3) is 5.69 Å². The lowest BCUT2D eigenvalue weighted by molar-refractivity contribution is -0.136. The van der Waals surface area contributed by atoms with Gasteiger partial charge in [-0.15, -0.1) is 0 Å². The number of hydrazone groups is 1. The monoisotopic (exact) mass is 439 g/mol. The molecule has 0 aliphatic heterocycles. The van der Waals surface area contributed by atoms with Crippen LogP contribution in [0.5, 0.6) is 0 Å². The molecule has 0 spiro atoms. The van der Waals surface area contributed by atoms with Crippen LogP contribution >= 0.6 is 0 Å². The number of carbonyl (C=O) groups excluding carboxylic acids is 1. The summed E-state index contributed by atoms with van der Waals surface area (Å²) in [7, 11) is 0. The maximum Gasteiger partial charge on any atom is 0.335 e. The summed E-state index contributed by atoms with van der Waals surface area (Å²) >= 11 is 0. The molecule has 3 N–H and O–H groups in total. The van der Waals surface area contributed by atoms with Crippen molar-refractivity contribution in [1.82, 2.24) is 9.99 Å². The predicted octanol–water partition coefficient (Wildman–Crippen LogP) is 3.56. The van der Waals surface area contributed by atoms with Gasteiger partial charge in [0.15, 0.2) is 5.60 Å². The minimum absolute atomic E-state index is 0.160. The van der Waals surface area contributed by atoms with E-state index in [0.717, 1.165) is 0 Å². The average Bonchev–Trinajstić information content (AvgIpc) is 3.33. The van der Waals surface area contributed by atoms with E-state index in [4.69, 9.17) is 0 Å². The first-order valence-electron chi connectivity index (χ1n) is 10.2. The molecular formula is C26H21N3O4. The molecule has 33 heavy (non-hydrogen) atoms. The number of nitrogens with zero attached hydrogens (tertiary/aromatic N) is 2. The van der Waals surface area contributed by atoms with E-state index in [2.05, 4.69) is 10.5 Å². The fourth-order valence-electron chi connectivity index (χ4n) is 3.55. The number of aliphatic hydroxyl groups is 1. The molecule has 0 aliphatic rings. The van der Waals surface area contributed by atoms with Crippen LogP contribution in [0.15, 0.2) is 108 Å². The number of carbonyl (C=O) groups is 2. The Kier molecular flexibility index (Phi) is 6.15. The summed E-state index contributed by atoms with van der Waals surface area (Å²) < 4.78 is 1.74. The number of hydrogen-bond acceptors (Lipinski definition) is 4. The number of carboxylic acids is 1. The second-order valence-corrected chi connectivity index (χ2v) is 7.30. The van der Waals surface area contributed by atoms with E-state index in [-0.39, 0.29) is 5.56 Å². The van der Waals surface area contributed by atoms with Crippen LogP contribution in [0.4, 0.5) is 0 Å². The zero-order chi connectivity index (χ0) is 23.3. The molecule has 1 aromatic heterocycles. The third-order valence-corrected chi connectivity index (χ3v) is 5.23. The highest BCUT2D eigenvalue weighted by molar-refractivity contribution is 5.91. The minimum Gasteiger partial charge on any atom is -0.478 e. The molecule has 4 aromatic rings. The third-order valence-electron chi connectivity index (χ3n) is 5.23. The van der Waals surface area contributed by atoms with E-state index in [1.165, 1.54) is 12.3 Å². The van der Waals surface area contributed by atoms with Crippen LogP contribution in [-0.2, 0) is 10.4 Å². The molecule has 164 valence electrons. The van der Waals surface area contributed by atoms with Crippen molar-refractivity contribution in [3.8, 4) is 5.69 Å². The lowest BCUT2D eigenvalue weighted by Crippen LogP contribution is -2.43. The van der Waals surface area contributed by atoms with Crippen LogP contribution in [0, 0.1) is 0 Å². The van der Waals surface area contributed by atoms with Crippen LogP contribution < -0.4 is 5.43 Å². The topological polar surface area (TPSA) is 104 Å². The van der Waals surface area contributed by atoms with Gasteiger partial charge in [0.1, 0.15) is 0 Å². The first-order chi connectivity index (χ1) is 16.0. The molecule has 0 unspecified atom stereocenters. The van der Waals surface area contributed by atoms with Gasteiger partial charge in [0, 0.05) is 11.9 Å². The quantitative estimate of drug-likeness (QED) is 0.303. The summed E-state index contributed by atoms with van der Waals surface area (Å²) in [5.41, 5.74) is 2.75. The smallest absolute Gasteiger partial charge is 0.335 e. The zero-order valence-corrected chi connectivity index (χ0v) is 17.5. The Balaban J connectivity index is 1.60. The third kappa shape index (κ3) is 4.44. The summed E-state index contributed by atoms with van der Waals surface area (Å²) in [5.74, 6) is -1.73. The van der Waals surface area contributed by atoms with Crippen molar-refractivity contribution in [1.29, 1.82) is 0 Å². The fraction of sp³-hybridized carbons (Fsp3) is 0.0385. The normalized spacial score (nSPS) is 11.4. The standard InChI is InChI=1S/C26H21N3O4/c30-24(31)19-9-7-14-22(17-19)29-16-8-15-23(29)18-27-28-25(32)26(33,20-10-3-1-4-11-20)21-12-5-2-6-13-21/h1-18,33H,(H,28,32)(H,30,31)/b27-18-. The van der Waals surface area contributed by atoms with E-state index in [9.17, 15) is 19.8 Å². The first kappa shape index (κ1) is 21.7. The van der Waals surface area contributed by atoms with Gasteiger partial charge in [-0.2, -0.15) is 5.10 Å². The molecule has 0 atom stereocenters. The molecule has 0 bridgehead atoms. The van der Waals surface area contributed by atoms with Crippen LogP contribution in [-0.4, -0.2) is 32.9 Å². The van der Waals surface area contributed by atoms with E-state index in [1.54, 1.807) is 102 Å². The molecule has 7 heteroatoms. The first-order valence-corrected chi connectivity index (χ1v) is 10.2. The molecule has 0 radical (unpaired) electrons. The van der Waals surface area contributed by atoms with E-state index in [1.807, 2.05) is 0 Å². The molecule has 0 fully saturated rings. The van der Waals surface area contributed by atoms with Crippen molar-refractivity contribution in [3.63, 3.8) is 0 Å². The molecule has 1 amide bonds. The van der Waals surface area contributed by atoms with E-state index >= 15 is 0 Å². The highest BCUT2D eigenvalue weighted by atomic mass is 16.4. The van der Waals surface area contributed by atoms with Crippen LogP contribution in [0.1, 0.15) is 27.2 Å². The highest BCUT2D eigenvalue weighted by Gasteiger charge is 2.39. The van der Waals surface area contributed by atoms with Gasteiger partial charge < -0.3 is 14.8 Å². The SMILES string of the molecule is O=C(O)c1cccc(-n2cccc2/C=N\NC(=O)C(O)(c2ccccc2)c2ccccc2)c1. The van der Waals surface area contributed by atoms with Crippen molar-refractivity contribution in [3.05, 3.63) is 126 Å². The number of aromatic carboxylic acids is 1. The minimum atomic E-state index is -1.93. The molecular weight excluding hydrogens is 418 g/mol. The largest absolute Gasteiger partial charge is 0.478 e. The molecule has 1 heterocycles. The molecule has 0 saturated carbocycles. The Bertz CT molecular complexity index is 1260. The fourth-order valence-corrected chi connectivity index (χ4v) is 3.55. The van der Waals surface area contributed by atoms with Gasteiger partial charge in [0.2, 0.25) is 0 Å². The predicted molar refractivity (Wildman–Crippen MR) is 124 cm³/mol. The van der Waals surface area contributed by atoms with Gasteiger partial charge in [0.25, 0.3) is 5.91 Å². The molecule has 4 rings (SSSR count). The van der Waals surface area contributed by atoms with Crippen molar-refractivity contribution in [2.75, 3.05) is 0 Å². The second kappa shape index (κ2) is 9.33. The van der Waals surface area contributed by atoms with Crippen molar-refractivity contribution >= 4 is 18.1 Å². The van der Waals surface area contributed by atoms with Gasteiger partial charge >= 0.3 is 5.97 Å². The summed E-state index contributed by atoms with van der Waals surface area (Å²) in [6.45, 7) is 0. The van der Waals surface area contributed by atoms with E-state index < -0.39 is 17.5 Å². The lowest BCUT2D eigenvalue weighted by Gasteiger charge is -2.27. The van der Waals surface area contributed by atoms with Gasteiger partial charge in [-0.05, 0) is 41.5 Å². The molecule has 3 aromatic carbocycles.